The Morgan fingerprint density at radius 2 is 1.64 bits per heavy atom. The minimum Gasteiger partial charge on any atom is -0.339 e. The van der Waals surface area contributed by atoms with Crippen molar-refractivity contribution in [3.8, 4) is 0 Å². The van der Waals surface area contributed by atoms with E-state index in [0.29, 0.717) is 6.61 Å². The lowest BCUT2D eigenvalue weighted by Gasteiger charge is -2.24. The predicted molar refractivity (Wildman–Crippen MR) is 59.8 cm³/mol. The third-order valence-electron chi connectivity index (χ3n) is 2.15. The van der Waals surface area contributed by atoms with Crippen molar-refractivity contribution in [2.24, 2.45) is 16.6 Å². The Labute approximate surface area is 87.0 Å². The highest BCUT2D eigenvalue weighted by molar-refractivity contribution is 5.76. The quantitative estimate of drug-likeness (QED) is 0.549. The summed E-state index contributed by atoms with van der Waals surface area (Å²) >= 11 is 0. The van der Waals surface area contributed by atoms with E-state index in [2.05, 4.69) is 20.8 Å². The van der Waals surface area contributed by atoms with E-state index in [1.165, 1.54) is 0 Å². The van der Waals surface area contributed by atoms with Crippen LogP contribution in [0.25, 0.3) is 0 Å². The van der Waals surface area contributed by atoms with Crippen LogP contribution >= 0.6 is 0 Å². The molecule has 0 heterocycles. The SMILES string of the molecule is CC(C)(C)C(=[OH+])OCC(N)C(C)(C)C. The van der Waals surface area contributed by atoms with Crippen LogP contribution in [0.5, 0.6) is 0 Å². The molecule has 3 N–H and O–H groups in total. The maximum absolute atomic E-state index is 9.54. The van der Waals surface area contributed by atoms with Gasteiger partial charge in [0.25, 0.3) is 0 Å². The molecule has 0 spiro atoms. The highest BCUT2D eigenvalue weighted by atomic mass is 16.5. The van der Waals surface area contributed by atoms with E-state index in [1.807, 2.05) is 20.8 Å². The summed E-state index contributed by atoms with van der Waals surface area (Å²) in [6, 6.07) is -0.0769. The van der Waals surface area contributed by atoms with E-state index < -0.39 is 0 Å². The molecule has 0 rings (SSSR count). The minimum atomic E-state index is -0.336. The zero-order chi connectivity index (χ0) is 11.6. The van der Waals surface area contributed by atoms with Crippen LogP contribution in [0.3, 0.4) is 0 Å². The molecule has 14 heavy (non-hydrogen) atoms. The third kappa shape index (κ3) is 4.61. The Kier molecular flexibility index (Phi) is 4.13. The van der Waals surface area contributed by atoms with Crippen LogP contribution in [0.15, 0.2) is 0 Å². The first-order chi connectivity index (χ1) is 6.05. The summed E-state index contributed by atoms with van der Waals surface area (Å²) in [5, 5.41) is 0. The molecule has 0 bridgehead atoms. The van der Waals surface area contributed by atoms with Gasteiger partial charge in [-0.2, -0.15) is 0 Å². The van der Waals surface area contributed by atoms with Gasteiger partial charge in [-0.15, -0.1) is 0 Å². The van der Waals surface area contributed by atoms with E-state index in [0.717, 1.165) is 0 Å². The fourth-order valence-corrected chi connectivity index (χ4v) is 0.635. The van der Waals surface area contributed by atoms with Gasteiger partial charge in [0.15, 0.2) is 6.61 Å². The molecular formula is C11H24NO2+. The largest absolute Gasteiger partial charge is 0.488 e. The van der Waals surface area contributed by atoms with Crippen molar-refractivity contribution in [1.29, 1.82) is 0 Å². The second-order valence-electron chi connectivity index (χ2n) is 5.84. The van der Waals surface area contributed by atoms with E-state index in [-0.39, 0.29) is 22.8 Å². The molecule has 0 aliphatic rings. The fraction of sp³-hybridized carbons (Fsp3) is 0.909. The fourth-order valence-electron chi connectivity index (χ4n) is 0.635. The maximum atomic E-state index is 9.54. The van der Waals surface area contributed by atoms with Crippen molar-refractivity contribution < 1.29 is 9.53 Å². The lowest BCUT2D eigenvalue weighted by molar-refractivity contribution is 0.162. The molecule has 0 aliphatic heterocycles. The van der Waals surface area contributed by atoms with Crippen LogP contribution in [0.4, 0.5) is 0 Å². The number of hydrogen-bond donors (Lipinski definition) is 1. The number of rotatable bonds is 2. The maximum Gasteiger partial charge on any atom is 0.488 e. The van der Waals surface area contributed by atoms with Gasteiger partial charge in [-0.25, -0.2) is 0 Å². The van der Waals surface area contributed by atoms with Crippen LogP contribution in [-0.2, 0) is 4.74 Å². The van der Waals surface area contributed by atoms with Crippen LogP contribution in [0.1, 0.15) is 41.5 Å². The summed E-state index contributed by atoms with van der Waals surface area (Å²) in [5.74, 6) is 0.0530. The molecule has 0 saturated heterocycles. The summed E-state index contributed by atoms with van der Waals surface area (Å²) in [4.78, 5) is 9.54. The molecule has 3 nitrogen and oxygen atoms in total. The van der Waals surface area contributed by atoms with Crippen molar-refractivity contribution >= 4 is 5.97 Å². The van der Waals surface area contributed by atoms with Gasteiger partial charge in [0.05, 0.1) is 6.04 Å². The van der Waals surface area contributed by atoms with Crippen molar-refractivity contribution in [3.63, 3.8) is 0 Å². The van der Waals surface area contributed by atoms with Crippen molar-refractivity contribution in [3.05, 3.63) is 0 Å². The molecule has 0 aromatic rings. The molecule has 0 saturated carbocycles. The van der Waals surface area contributed by atoms with Gasteiger partial charge in [0.1, 0.15) is 5.41 Å². The zero-order valence-electron chi connectivity index (χ0n) is 10.2. The molecule has 84 valence electrons. The van der Waals surface area contributed by atoms with Crippen LogP contribution < -0.4 is 5.73 Å². The topological polar surface area (TPSA) is 56.6 Å². The first kappa shape index (κ1) is 13.4. The lowest BCUT2D eigenvalue weighted by atomic mass is 9.88. The Morgan fingerprint density at radius 1 is 1.21 bits per heavy atom. The summed E-state index contributed by atoms with van der Waals surface area (Å²) in [6.45, 7) is 12.2. The molecule has 0 radical (unpaired) electrons. The smallest absolute Gasteiger partial charge is 0.339 e. The van der Waals surface area contributed by atoms with Crippen molar-refractivity contribution in [2.75, 3.05) is 6.61 Å². The van der Waals surface area contributed by atoms with Gasteiger partial charge in [-0.3, -0.25) is 0 Å². The van der Waals surface area contributed by atoms with Gasteiger partial charge in [0.2, 0.25) is 0 Å². The second kappa shape index (κ2) is 4.30. The van der Waals surface area contributed by atoms with Crippen molar-refractivity contribution in [2.45, 2.75) is 47.6 Å². The lowest BCUT2D eigenvalue weighted by Crippen LogP contribution is -2.41. The average Bonchev–Trinajstić information content (AvgIpc) is 1.95. The Bertz CT molecular complexity index is 198. The number of hydrogen-bond acceptors (Lipinski definition) is 2. The summed E-state index contributed by atoms with van der Waals surface area (Å²) in [7, 11) is 0. The number of esters is 1. The molecule has 0 aliphatic carbocycles. The number of nitrogens with two attached hydrogens (primary N) is 1. The molecule has 1 atom stereocenters. The highest BCUT2D eigenvalue weighted by Gasteiger charge is 2.33. The molecule has 3 heteroatoms. The normalized spacial score (nSPS) is 15.1. The Morgan fingerprint density at radius 3 is 1.93 bits per heavy atom. The van der Waals surface area contributed by atoms with Crippen molar-refractivity contribution in [1.82, 2.24) is 0 Å². The van der Waals surface area contributed by atoms with Gasteiger partial charge < -0.3 is 15.3 Å². The molecule has 0 aromatic heterocycles. The van der Waals surface area contributed by atoms with Gasteiger partial charge in [-0.1, -0.05) is 20.8 Å². The van der Waals surface area contributed by atoms with Gasteiger partial charge in [-0.05, 0) is 26.2 Å². The predicted octanol–water partition coefficient (Wildman–Crippen LogP) is 1.92. The highest BCUT2D eigenvalue weighted by Crippen LogP contribution is 2.19. The van der Waals surface area contributed by atoms with Crippen LogP contribution in [0.2, 0.25) is 0 Å². The number of ether oxygens (including phenoxy) is 1. The monoisotopic (exact) mass is 202 g/mol. The van der Waals surface area contributed by atoms with E-state index in [9.17, 15) is 4.79 Å². The molecular weight excluding hydrogens is 178 g/mol. The molecule has 0 aromatic carbocycles. The molecule has 0 amide bonds. The standard InChI is InChI=1S/C11H23NO2/c1-10(2,3)8(12)7-14-9(13)11(4,5)6/h8H,7,12H2,1-6H3/p+1. The summed E-state index contributed by atoms with van der Waals surface area (Å²) in [5.41, 5.74) is 5.56. The van der Waals surface area contributed by atoms with Gasteiger partial charge >= 0.3 is 5.97 Å². The summed E-state index contributed by atoms with van der Waals surface area (Å²) < 4.78 is 5.24. The molecule has 0 fully saturated rings. The molecule has 1 unspecified atom stereocenters. The first-order valence-corrected chi connectivity index (χ1v) is 5.00. The first-order valence-electron chi connectivity index (χ1n) is 5.00. The van der Waals surface area contributed by atoms with Crippen LogP contribution in [-0.4, -0.2) is 23.4 Å². The summed E-state index contributed by atoms with van der Waals surface area (Å²) in [6.07, 6.45) is 0. The van der Waals surface area contributed by atoms with E-state index in [1.54, 1.807) is 0 Å². The number of carbonyl (C=O) groups excluding carboxylic acids is 1. The van der Waals surface area contributed by atoms with Gasteiger partial charge in [0, 0.05) is 0 Å². The zero-order valence-corrected chi connectivity index (χ0v) is 10.2. The third-order valence-corrected chi connectivity index (χ3v) is 2.15. The Balaban J connectivity index is 4.03. The Hall–Kier alpha value is -0.570. The van der Waals surface area contributed by atoms with E-state index >= 15 is 0 Å². The average molecular weight is 202 g/mol. The minimum absolute atomic E-state index is 0.00182. The van der Waals surface area contributed by atoms with Crippen LogP contribution in [0, 0.1) is 10.8 Å². The second-order valence-corrected chi connectivity index (χ2v) is 5.84. The van der Waals surface area contributed by atoms with E-state index in [4.69, 9.17) is 10.5 Å².